The summed E-state index contributed by atoms with van der Waals surface area (Å²) < 4.78 is 6.27. The highest BCUT2D eigenvalue weighted by Gasteiger charge is 4.00. The number of rotatable bonds is 3. The fraction of sp³-hybridized carbons (Fsp3) is 1.00. The Morgan fingerprint density at radius 2 is 0.433 bits per heavy atom. The zero-order valence-electron chi connectivity index (χ0n) is 34.8. The Hall–Kier alpha value is 0.310. The summed E-state index contributed by atoms with van der Waals surface area (Å²) in [6, 6.07) is 0. The van der Waals surface area contributed by atoms with Crippen molar-refractivity contribution in [1.29, 1.82) is 0 Å². The number of hydrogen-bond donors (Lipinski definition) is 0. The molecule has 60 atom stereocenters. The van der Waals surface area contributed by atoms with Gasteiger partial charge in [-0.2, -0.15) is 12.8 Å². The van der Waals surface area contributed by atoms with Gasteiger partial charge in [0, 0.05) is 97.5 Å². The van der Waals surface area contributed by atoms with Crippen molar-refractivity contribution in [1.82, 2.24) is 0 Å². The predicted molar refractivity (Wildman–Crippen MR) is 185 cm³/mol. The van der Waals surface area contributed by atoms with Gasteiger partial charge >= 0.3 is 8.37 Å². The molecular formula is C63H15N3P+3. The molecule has 0 amide bonds. The van der Waals surface area contributed by atoms with Gasteiger partial charge in [-0.3, -0.25) is 0 Å². The second-order valence-corrected chi connectivity index (χ2v) is 49.5. The van der Waals surface area contributed by atoms with E-state index in [2.05, 4.69) is 12.8 Å². The Morgan fingerprint density at radius 1 is 0.224 bits per heavy atom. The summed E-state index contributed by atoms with van der Waals surface area (Å²) >= 11 is 0. The molecule has 3 nitrogen and oxygen atoms in total. The lowest BCUT2D eigenvalue weighted by atomic mass is 9.83. The van der Waals surface area contributed by atoms with Crippen LogP contribution in [0.25, 0.3) is 0 Å². The summed E-state index contributed by atoms with van der Waals surface area (Å²) in [5.74, 6) is 4.16. The Kier molecular flexibility index (Phi) is 0.603. The van der Waals surface area contributed by atoms with Gasteiger partial charge in [-0.1, -0.05) is 0 Å². The van der Waals surface area contributed by atoms with Gasteiger partial charge in [-0.15, -0.1) is 0 Å². The summed E-state index contributed by atoms with van der Waals surface area (Å²) in [7, 11) is 0.273. The minimum absolute atomic E-state index is 0.273. The Labute approximate surface area is 369 Å². The van der Waals surface area contributed by atoms with E-state index in [1.807, 2.05) is 19.6 Å². The van der Waals surface area contributed by atoms with Crippen molar-refractivity contribution >= 4 is 8.37 Å². The zero-order valence-corrected chi connectivity index (χ0v) is 35.7. The topological polar surface area (TPSA) is 0 Å². The van der Waals surface area contributed by atoms with Crippen molar-refractivity contribution in [2.24, 2.45) is 245 Å². The van der Waals surface area contributed by atoms with Crippen molar-refractivity contribution < 1.29 is 12.8 Å². The molecule has 0 radical (unpaired) electrons. The van der Waals surface area contributed by atoms with Gasteiger partial charge < -0.3 is 0 Å². The third kappa shape index (κ3) is 0.329. The Balaban J connectivity index is 0.443. The molecule has 284 valence electrons. The molecule has 60 rings (SSSR count). The van der Waals surface area contributed by atoms with Gasteiger partial charge in [0.25, 0.3) is 0 Å². The van der Waals surface area contributed by atoms with Crippen molar-refractivity contribution in [3.05, 3.63) is 32.5 Å². The summed E-state index contributed by atoms with van der Waals surface area (Å²) in [6.45, 7) is 5.74. The van der Waals surface area contributed by atoms with Crippen LogP contribution in [0, 0.1) is 278 Å². The van der Waals surface area contributed by atoms with Crippen molar-refractivity contribution in [3.63, 3.8) is 0 Å². The van der Waals surface area contributed by atoms with Crippen molar-refractivity contribution in [2.45, 2.75) is 52.5 Å². The average molecular weight is 845 g/mol. The molecular weight excluding hydrogens is 830 g/mol. The molecule has 0 N–H and O–H groups in total. The lowest BCUT2D eigenvalue weighted by molar-refractivity contribution is -0.823. The first-order valence-electron chi connectivity index (χ1n) is 32.7. The molecule has 60 aliphatic rings. The molecule has 0 aromatic rings. The van der Waals surface area contributed by atoms with E-state index >= 15 is 0 Å². The van der Waals surface area contributed by atoms with E-state index in [-0.39, 0.29) is 8.37 Å². The Bertz CT molecular complexity index is 5530. The quantitative estimate of drug-likeness (QED) is 0.292. The van der Waals surface area contributed by atoms with Crippen molar-refractivity contribution in [2.75, 3.05) is 19.6 Å². The van der Waals surface area contributed by atoms with Gasteiger partial charge in [-0.05, 0) is 167 Å². The molecule has 0 aromatic carbocycles. The largest absolute Gasteiger partial charge is 0.558 e. The molecule has 54 aliphatic carbocycles. The van der Waals surface area contributed by atoms with E-state index in [0.717, 1.165) is 49.5 Å². The molecule has 60 fully saturated rings. The number of nitrogens with zero attached hydrogens (tertiary/aromatic N) is 3. The summed E-state index contributed by atoms with van der Waals surface area (Å²) in [4.78, 5) is 0. The minimum atomic E-state index is 0.273. The first-order valence-corrected chi connectivity index (χ1v) is 33.9. The average Bonchev–Trinajstić information content (AvgIpc) is 1.15. The summed E-state index contributed by atoms with van der Waals surface area (Å²) in [5.41, 5.74) is 64.3. The predicted octanol–water partition coefficient (Wildman–Crippen LogP) is 0.766. The molecule has 60 unspecified atom stereocenters. The van der Waals surface area contributed by atoms with E-state index < -0.39 is 0 Å². The first-order chi connectivity index (χ1) is 33.3. The van der Waals surface area contributed by atoms with Crippen LogP contribution in [0.4, 0.5) is 0 Å². The fourth-order valence-electron chi connectivity index (χ4n) is 76.0. The smallest absolute Gasteiger partial charge is 0.177 e. The van der Waals surface area contributed by atoms with Gasteiger partial charge in [0.1, 0.15) is 16.2 Å². The highest BCUT2D eigenvalue weighted by molar-refractivity contribution is 7.42. The molecule has 54 saturated carbocycles. The van der Waals surface area contributed by atoms with Crippen LogP contribution in [0.1, 0.15) is 19.3 Å². The summed E-state index contributed by atoms with van der Waals surface area (Å²) in [5, 5.41) is 0. The summed E-state index contributed by atoms with van der Waals surface area (Å²) in [6.07, 6.45) is 5.37. The van der Waals surface area contributed by atoms with Crippen LogP contribution < -0.4 is 0 Å². The molecule has 54 spiro atoms. The molecule has 67 heavy (non-hydrogen) atoms. The first kappa shape index (κ1) is 18.6. The maximum atomic E-state index is 2.09. The van der Waals surface area contributed by atoms with Gasteiger partial charge in [0.15, 0.2) is 36.3 Å². The van der Waals surface area contributed by atoms with Crippen LogP contribution >= 0.6 is 8.37 Å². The van der Waals surface area contributed by atoms with Gasteiger partial charge in [-0.25, -0.2) is 0 Å². The van der Waals surface area contributed by atoms with Gasteiger partial charge in [0.05, 0.1) is 16.2 Å². The zero-order chi connectivity index (χ0) is 35.1. The normalized spacial score (nSPS) is 171. The standard InChI is InChI=1S/C63H15N3P/c1-7-10(1)16(7)19(10)25(16)28(19)34(25)37(28)43(34)46(37)49(43)40-31-22-13-4-64(13,61(13,22)58(22,31)55(31,40)52(40,46)49)67(65-5-14(65)23-32-41-50-44-35-26-17-8-2-11(8,17)20(17,26)29(26,35)38(35,44)47(44,50)53(41,50)56(32,41)59(23,32)62(14,23)65)66-6-15(66)24-33-42-51-45-36-27-18-9-3-12(9,18)21(18,27)30(27,36)39(36,45)48(45,51)54(42,51)57(33,42)60(24,33)63(15,24)66/h7-9H,1-6H2/q+3. The van der Waals surface area contributed by atoms with Crippen LogP contribution in [0.5, 0.6) is 0 Å². The minimum Gasteiger partial charge on any atom is -0.177 e. The van der Waals surface area contributed by atoms with Crippen LogP contribution in [-0.4, -0.2) is 65.6 Å². The maximum Gasteiger partial charge on any atom is 0.558 e. The van der Waals surface area contributed by atoms with Crippen LogP contribution in [0.15, 0.2) is 0 Å². The third-order valence-corrected chi connectivity index (χ3v) is 67.5. The second-order valence-electron chi connectivity index (χ2n) is 46.9. The van der Waals surface area contributed by atoms with Crippen LogP contribution in [-0.2, 0) is 0 Å². The number of hydrogen-bond acceptors (Lipinski definition) is 0. The fourth-order valence-corrected chi connectivity index (χ4v) is 82.4. The highest BCUT2D eigenvalue weighted by Crippen LogP contribution is 3.98. The van der Waals surface area contributed by atoms with Gasteiger partial charge in [0.2, 0.25) is 16.6 Å². The lowest BCUT2D eigenvalue weighted by Gasteiger charge is -2.31. The van der Waals surface area contributed by atoms with E-state index in [1.165, 1.54) is 261 Å². The molecule has 6 heterocycles. The maximum absolute atomic E-state index is 2.09. The van der Waals surface area contributed by atoms with Crippen LogP contribution in [0.2, 0.25) is 0 Å². The molecule has 6 saturated heterocycles. The van der Waals surface area contributed by atoms with Crippen molar-refractivity contribution in [3.8, 4) is 0 Å². The van der Waals surface area contributed by atoms with E-state index in [1.54, 1.807) is 19.3 Å². The third-order valence-electron chi connectivity index (χ3n) is 63.4. The SMILES string of the molecule is C1C2C13C21C32C13C21C32C13C21C32C13C21C32C13C21C32C13C14C[N+]1(P([N+]15CC16C17C89C%10%11C%12%13C%14%15C%16%17C%18%19C%20%21C%22CC%22%20C%21%18C%19%16C%17%14C%15%12C%13%10C%118C91C765)[N+]15CC16C17C89C%10%11C%12%13C%14%15C%16%17C%18%19C%20%21C%22CC%22%20C%21%18C%19%16C%17%14C%15%12C%13%10C%118C91C765)C234. The van der Waals surface area contributed by atoms with E-state index in [0.29, 0.717) is 0 Å². The number of piperidine rings is 6. The second kappa shape index (κ2) is 2.18. The highest BCUT2D eigenvalue weighted by atomic mass is 31.2. The van der Waals surface area contributed by atoms with E-state index in [4.69, 9.17) is 0 Å². The molecule has 0 aromatic heterocycles. The van der Waals surface area contributed by atoms with E-state index in [9.17, 15) is 0 Å². The molecule has 4 heteroatoms. The Morgan fingerprint density at radius 3 is 0.672 bits per heavy atom. The monoisotopic (exact) mass is 844 g/mol. The number of quaternary nitrogens is 3. The lowest BCUT2D eigenvalue weighted by Crippen LogP contribution is -2.44. The molecule has 0 bridgehead atoms. The van der Waals surface area contributed by atoms with Crippen LogP contribution in [0.3, 0.4) is 0 Å². The molecule has 6 aliphatic heterocycles.